The predicted molar refractivity (Wildman–Crippen MR) is 127 cm³/mol. The van der Waals surface area contributed by atoms with Crippen molar-refractivity contribution in [2.45, 2.75) is 38.8 Å². The topological polar surface area (TPSA) is 31.4 Å². The number of nitriles is 1. The van der Waals surface area contributed by atoms with Crippen LogP contribution in [0.4, 0.5) is 22.7 Å². The molecule has 0 aliphatic carbocycles. The van der Waals surface area contributed by atoms with E-state index < -0.39 is 8.07 Å². The van der Waals surface area contributed by atoms with Crippen LogP contribution in [-0.4, -0.2) is 8.07 Å². The summed E-state index contributed by atoms with van der Waals surface area (Å²) < 4.78 is 0. The number of hydrogen-bond donors (Lipinski definition) is 0. The molecule has 0 unspecified atom stereocenters. The maximum atomic E-state index is 9.87. The van der Waals surface area contributed by atoms with Crippen molar-refractivity contribution in [2.24, 2.45) is 0 Å². The molecule has 148 valence electrons. The van der Waals surface area contributed by atoms with E-state index in [2.05, 4.69) is 92.0 Å². The normalized spacial score (nSPS) is 14.1. The van der Waals surface area contributed by atoms with E-state index in [9.17, 15) is 5.26 Å². The van der Waals surface area contributed by atoms with Gasteiger partial charge in [-0.25, -0.2) is 4.85 Å². The largest absolute Gasteiger partial charge is 0.319 e. The van der Waals surface area contributed by atoms with Crippen molar-refractivity contribution in [3.8, 4) is 6.07 Å². The highest BCUT2D eigenvalue weighted by atomic mass is 28.3. The van der Waals surface area contributed by atoms with Gasteiger partial charge in [0.25, 0.3) is 0 Å². The lowest BCUT2D eigenvalue weighted by atomic mass is 10.1. The Labute approximate surface area is 180 Å². The van der Waals surface area contributed by atoms with Gasteiger partial charge in [0.05, 0.1) is 23.9 Å². The van der Waals surface area contributed by atoms with Crippen LogP contribution in [0, 0.1) is 17.9 Å². The van der Waals surface area contributed by atoms with Crippen LogP contribution in [0.1, 0.15) is 33.3 Å². The molecule has 0 bridgehead atoms. The summed E-state index contributed by atoms with van der Waals surface area (Å²) in [5.74, 6) is 0. The second-order valence-electron chi connectivity index (χ2n) is 8.45. The van der Waals surface area contributed by atoms with E-state index in [-0.39, 0.29) is 0 Å². The van der Waals surface area contributed by atoms with Crippen LogP contribution in [0.25, 0.3) is 4.85 Å². The van der Waals surface area contributed by atoms with Crippen LogP contribution in [0.3, 0.4) is 0 Å². The second-order valence-corrected chi connectivity index (χ2v) is 13.6. The van der Waals surface area contributed by atoms with Crippen molar-refractivity contribution in [3.63, 3.8) is 0 Å². The standard InChI is InChI=1S/C26H25N3Si/c1-18(2)30(19(3)4)24-15-8-6-13-22(24)29(23-14-7-9-16-25(23)30)26-20(17-27)11-10-12-21(26)28-5/h6-16,18-19H,1-4H3. The van der Waals surface area contributed by atoms with E-state index >= 15 is 0 Å². The molecule has 0 radical (unpaired) electrons. The first-order chi connectivity index (χ1) is 14.5. The molecule has 0 fully saturated rings. The Morgan fingerprint density at radius 2 is 1.37 bits per heavy atom. The summed E-state index contributed by atoms with van der Waals surface area (Å²) in [6, 6.07) is 25.0. The van der Waals surface area contributed by atoms with Gasteiger partial charge in [0.2, 0.25) is 5.69 Å². The van der Waals surface area contributed by atoms with E-state index in [4.69, 9.17) is 6.57 Å². The van der Waals surface area contributed by atoms with Gasteiger partial charge < -0.3 is 4.90 Å². The zero-order chi connectivity index (χ0) is 21.5. The molecule has 0 aromatic heterocycles. The van der Waals surface area contributed by atoms with Crippen LogP contribution in [0.2, 0.25) is 11.1 Å². The van der Waals surface area contributed by atoms with Crippen LogP contribution in [-0.2, 0) is 0 Å². The molecule has 0 saturated carbocycles. The lowest BCUT2D eigenvalue weighted by Gasteiger charge is -2.49. The Hall–Kier alpha value is -3.34. The Bertz CT molecular complexity index is 1110. The van der Waals surface area contributed by atoms with Crippen molar-refractivity contribution in [1.29, 1.82) is 5.26 Å². The minimum Gasteiger partial charge on any atom is -0.319 e. The van der Waals surface area contributed by atoms with Crippen molar-refractivity contribution < 1.29 is 0 Å². The molecule has 4 heteroatoms. The Balaban J connectivity index is 2.18. The molecule has 0 spiro atoms. The van der Waals surface area contributed by atoms with Gasteiger partial charge in [-0.3, -0.25) is 0 Å². The fraction of sp³-hybridized carbons (Fsp3) is 0.231. The summed E-state index contributed by atoms with van der Waals surface area (Å²) in [5, 5.41) is 12.6. The number of rotatable bonds is 3. The summed E-state index contributed by atoms with van der Waals surface area (Å²) in [6.07, 6.45) is 0. The van der Waals surface area contributed by atoms with Crippen LogP contribution in [0.15, 0.2) is 66.7 Å². The molecular weight excluding hydrogens is 382 g/mol. The fourth-order valence-corrected chi connectivity index (χ4v) is 11.5. The van der Waals surface area contributed by atoms with E-state index in [0.717, 1.165) is 11.4 Å². The van der Waals surface area contributed by atoms with Crippen molar-refractivity contribution in [2.75, 3.05) is 4.90 Å². The lowest BCUT2D eigenvalue weighted by molar-refractivity contribution is 0.925. The van der Waals surface area contributed by atoms with Gasteiger partial charge in [0.15, 0.2) is 0 Å². The minimum atomic E-state index is -2.11. The van der Waals surface area contributed by atoms with Crippen LogP contribution < -0.4 is 15.3 Å². The SMILES string of the molecule is [C-]#[N+]c1cccc(C#N)c1N1c2ccccc2[Si](C(C)C)(C(C)C)c2ccccc21. The highest BCUT2D eigenvalue weighted by Crippen LogP contribution is 2.47. The number of benzene rings is 3. The van der Waals surface area contributed by atoms with Crippen LogP contribution in [0.5, 0.6) is 0 Å². The molecule has 3 aromatic carbocycles. The molecule has 3 aromatic rings. The van der Waals surface area contributed by atoms with E-state index in [1.165, 1.54) is 10.4 Å². The maximum absolute atomic E-state index is 9.87. The highest BCUT2D eigenvalue weighted by molar-refractivity contribution is 7.06. The van der Waals surface area contributed by atoms with Gasteiger partial charge in [-0.05, 0) is 39.7 Å². The van der Waals surface area contributed by atoms with E-state index in [1.807, 2.05) is 0 Å². The molecule has 3 nitrogen and oxygen atoms in total. The molecule has 1 heterocycles. The summed E-state index contributed by atoms with van der Waals surface area (Å²) >= 11 is 0. The Morgan fingerprint density at radius 3 is 1.83 bits per heavy atom. The number of nitrogens with zero attached hydrogens (tertiary/aromatic N) is 3. The van der Waals surface area contributed by atoms with Gasteiger partial charge in [-0.15, -0.1) is 0 Å². The number of anilines is 3. The quantitative estimate of drug-likeness (QED) is 0.378. The third-order valence-corrected chi connectivity index (χ3v) is 12.8. The molecule has 0 N–H and O–H groups in total. The third-order valence-electron chi connectivity index (χ3n) is 6.48. The summed E-state index contributed by atoms with van der Waals surface area (Å²) in [5.41, 5.74) is 4.95. The van der Waals surface area contributed by atoms with Gasteiger partial charge in [-0.1, -0.05) is 76.2 Å². The summed E-state index contributed by atoms with van der Waals surface area (Å²) in [6.45, 7) is 17.2. The molecule has 0 amide bonds. The van der Waals surface area contributed by atoms with Gasteiger partial charge in [0.1, 0.15) is 8.07 Å². The zero-order valence-corrected chi connectivity index (χ0v) is 18.8. The maximum Gasteiger partial charge on any atom is 0.211 e. The number of hydrogen-bond acceptors (Lipinski definition) is 2. The molecule has 4 rings (SSSR count). The average Bonchev–Trinajstić information content (AvgIpc) is 2.76. The van der Waals surface area contributed by atoms with Gasteiger partial charge in [0, 0.05) is 11.4 Å². The summed E-state index contributed by atoms with van der Waals surface area (Å²) in [7, 11) is -2.11. The Kier molecular flexibility index (Phi) is 4.98. The smallest absolute Gasteiger partial charge is 0.211 e. The zero-order valence-electron chi connectivity index (χ0n) is 17.8. The molecule has 1 aliphatic rings. The highest BCUT2D eigenvalue weighted by Gasteiger charge is 2.50. The van der Waals surface area contributed by atoms with Gasteiger partial charge >= 0.3 is 0 Å². The predicted octanol–water partition coefficient (Wildman–Crippen LogP) is 6.28. The monoisotopic (exact) mass is 407 g/mol. The molecule has 30 heavy (non-hydrogen) atoms. The number of fused-ring (bicyclic) bond motifs is 2. The first-order valence-electron chi connectivity index (χ1n) is 10.4. The van der Waals surface area contributed by atoms with E-state index in [0.29, 0.717) is 28.0 Å². The number of para-hydroxylation sites is 3. The van der Waals surface area contributed by atoms with Crippen molar-refractivity contribution in [3.05, 3.63) is 83.7 Å². The van der Waals surface area contributed by atoms with Crippen molar-refractivity contribution >= 4 is 41.2 Å². The molecule has 0 atom stereocenters. The first kappa shape index (κ1) is 20.0. The third kappa shape index (κ3) is 2.61. The minimum absolute atomic E-state index is 0.502. The average molecular weight is 408 g/mol. The van der Waals surface area contributed by atoms with E-state index in [1.54, 1.807) is 18.2 Å². The molecule has 0 saturated heterocycles. The molecular formula is C26H25N3Si. The fourth-order valence-electron chi connectivity index (χ4n) is 5.41. The van der Waals surface area contributed by atoms with Crippen molar-refractivity contribution in [1.82, 2.24) is 0 Å². The van der Waals surface area contributed by atoms with Gasteiger partial charge in [-0.2, -0.15) is 5.26 Å². The van der Waals surface area contributed by atoms with Crippen LogP contribution >= 0.6 is 0 Å². The first-order valence-corrected chi connectivity index (χ1v) is 12.5. The Morgan fingerprint density at radius 1 is 0.833 bits per heavy atom. The lowest BCUT2D eigenvalue weighted by Crippen LogP contribution is -2.66. The summed E-state index contributed by atoms with van der Waals surface area (Å²) in [4.78, 5) is 5.93. The molecule has 1 aliphatic heterocycles. The second kappa shape index (κ2) is 7.48.